The maximum atomic E-state index is 11.6. The van der Waals surface area contributed by atoms with Crippen LogP contribution >= 0.6 is 0 Å². The van der Waals surface area contributed by atoms with Crippen molar-refractivity contribution < 1.29 is 0 Å². The first-order valence-electron chi connectivity index (χ1n) is 5.86. The Hall–Kier alpha value is -1.72. The van der Waals surface area contributed by atoms with Crippen molar-refractivity contribution in [3.05, 3.63) is 20.8 Å². The zero-order valence-electron chi connectivity index (χ0n) is 10.5. The summed E-state index contributed by atoms with van der Waals surface area (Å²) in [6, 6.07) is 0.0792. The Bertz CT molecular complexity index is 487. The van der Waals surface area contributed by atoms with Crippen molar-refractivity contribution >= 4 is 11.5 Å². The van der Waals surface area contributed by atoms with Gasteiger partial charge in [-0.05, 0) is 20.3 Å². The molecular formula is C11H20N4O2. The molecule has 6 heteroatoms. The molecule has 1 rings (SSSR count). The summed E-state index contributed by atoms with van der Waals surface area (Å²) < 4.78 is 1.40. The number of aromatic amines is 1. The van der Waals surface area contributed by atoms with Gasteiger partial charge in [0.25, 0.3) is 5.56 Å². The molecular weight excluding hydrogens is 220 g/mol. The number of anilines is 2. The van der Waals surface area contributed by atoms with Crippen LogP contribution in [0.3, 0.4) is 0 Å². The third-order valence-electron chi connectivity index (χ3n) is 2.41. The molecule has 0 amide bonds. The van der Waals surface area contributed by atoms with Gasteiger partial charge in [-0.3, -0.25) is 14.3 Å². The number of rotatable bonds is 5. The van der Waals surface area contributed by atoms with Gasteiger partial charge in [-0.25, -0.2) is 4.79 Å². The molecule has 96 valence electrons. The summed E-state index contributed by atoms with van der Waals surface area (Å²) in [6.07, 6.45) is 1.80. The van der Waals surface area contributed by atoms with Crippen LogP contribution in [0.25, 0.3) is 0 Å². The third kappa shape index (κ3) is 3.12. The fourth-order valence-electron chi connectivity index (χ4n) is 1.55. The van der Waals surface area contributed by atoms with Gasteiger partial charge in [-0.2, -0.15) is 0 Å². The summed E-state index contributed by atoms with van der Waals surface area (Å²) in [5.41, 5.74) is 5.22. The molecule has 0 aromatic carbocycles. The van der Waals surface area contributed by atoms with Crippen molar-refractivity contribution in [1.82, 2.24) is 9.55 Å². The van der Waals surface area contributed by atoms with E-state index in [1.165, 1.54) is 4.57 Å². The summed E-state index contributed by atoms with van der Waals surface area (Å²) in [5.74, 6) is 0.209. The first-order valence-corrected chi connectivity index (χ1v) is 5.86. The highest BCUT2D eigenvalue weighted by atomic mass is 16.2. The molecule has 0 aliphatic carbocycles. The molecule has 0 spiro atoms. The van der Waals surface area contributed by atoms with Crippen LogP contribution in [0.2, 0.25) is 0 Å². The summed E-state index contributed by atoms with van der Waals surface area (Å²) >= 11 is 0. The van der Waals surface area contributed by atoms with Crippen LogP contribution in [-0.4, -0.2) is 15.6 Å². The van der Waals surface area contributed by atoms with Crippen molar-refractivity contribution in [3.63, 3.8) is 0 Å². The van der Waals surface area contributed by atoms with E-state index in [2.05, 4.69) is 10.3 Å². The zero-order valence-corrected chi connectivity index (χ0v) is 10.5. The Kier molecular flexibility index (Phi) is 4.37. The number of nitrogen functional groups attached to an aromatic ring is 1. The third-order valence-corrected chi connectivity index (χ3v) is 2.41. The zero-order chi connectivity index (χ0) is 13.0. The van der Waals surface area contributed by atoms with Gasteiger partial charge in [0, 0.05) is 12.6 Å². The predicted molar refractivity (Wildman–Crippen MR) is 69.4 cm³/mol. The summed E-state index contributed by atoms with van der Waals surface area (Å²) in [7, 11) is 0. The van der Waals surface area contributed by atoms with E-state index in [0.29, 0.717) is 6.54 Å². The van der Waals surface area contributed by atoms with Gasteiger partial charge in [0.2, 0.25) is 0 Å². The molecule has 6 nitrogen and oxygen atoms in total. The van der Waals surface area contributed by atoms with E-state index in [0.717, 1.165) is 12.8 Å². The van der Waals surface area contributed by atoms with Crippen LogP contribution < -0.4 is 22.3 Å². The quantitative estimate of drug-likeness (QED) is 0.707. The highest BCUT2D eigenvalue weighted by Crippen LogP contribution is 2.11. The lowest BCUT2D eigenvalue weighted by molar-refractivity contribution is 0.605. The van der Waals surface area contributed by atoms with Gasteiger partial charge in [-0.1, -0.05) is 13.3 Å². The van der Waals surface area contributed by atoms with E-state index in [-0.39, 0.29) is 17.5 Å². The average molecular weight is 240 g/mol. The Morgan fingerprint density at radius 1 is 1.41 bits per heavy atom. The molecule has 0 saturated carbocycles. The summed E-state index contributed by atoms with van der Waals surface area (Å²) in [5, 5.41) is 2.96. The number of nitrogens with zero attached hydrogens (tertiary/aromatic N) is 1. The molecule has 0 fully saturated rings. The van der Waals surface area contributed by atoms with Crippen molar-refractivity contribution in [1.29, 1.82) is 0 Å². The minimum Gasteiger partial charge on any atom is -0.383 e. The molecule has 4 N–H and O–H groups in total. The topological polar surface area (TPSA) is 92.9 Å². The molecule has 17 heavy (non-hydrogen) atoms. The predicted octanol–water partition coefficient (Wildman–Crippen LogP) is 0.739. The lowest BCUT2D eigenvalue weighted by Gasteiger charge is -2.15. The maximum absolute atomic E-state index is 11.6. The van der Waals surface area contributed by atoms with Crippen molar-refractivity contribution in [2.75, 3.05) is 11.1 Å². The largest absolute Gasteiger partial charge is 0.383 e. The van der Waals surface area contributed by atoms with Crippen molar-refractivity contribution in [3.8, 4) is 0 Å². The maximum Gasteiger partial charge on any atom is 0.330 e. The SMILES string of the molecule is CCCCn1c(N)c(NC(C)C)c(=O)[nH]c1=O. The van der Waals surface area contributed by atoms with Gasteiger partial charge >= 0.3 is 5.69 Å². The van der Waals surface area contributed by atoms with Crippen LogP contribution in [-0.2, 0) is 6.54 Å². The minimum absolute atomic E-state index is 0.0792. The molecule has 0 aliphatic rings. The molecule has 1 heterocycles. The standard InChI is InChI=1S/C11H20N4O2/c1-4-5-6-15-9(12)8(13-7(2)3)10(16)14-11(15)17/h7,13H,4-6,12H2,1-3H3,(H,14,16,17). The van der Waals surface area contributed by atoms with Gasteiger partial charge in [0.05, 0.1) is 0 Å². The van der Waals surface area contributed by atoms with Crippen LogP contribution in [0.4, 0.5) is 11.5 Å². The number of unbranched alkanes of at least 4 members (excludes halogenated alkanes) is 1. The van der Waals surface area contributed by atoms with E-state index in [1.54, 1.807) is 0 Å². The van der Waals surface area contributed by atoms with Gasteiger partial charge in [-0.15, -0.1) is 0 Å². The fourth-order valence-corrected chi connectivity index (χ4v) is 1.55. The van der Waals surface area contributed by atoms with Gasteiger partial charge in [0.1, 0.15) is 11.5 Å². The molecule has 1 aromatic rings. The molecule has 1 aromatic heterocycles. The van der Waals surface area contributed by atoms with Crippen LogP contribution in [0.5, 0.6) is 0 Å². The summed E-state index contributed by atoms with van der Waals surface area (Å²) in [4.78, 5) is 25.5. The van der Waals surface area contributed by atoms with Gasteiger partial charge in [0.15, 0.2) is 0 Å². The lowest BCUT2D eigenvalue weighted by Crippen LogP contribution is -2.35. The van der Waals surface area contributed by atoms with Crippen molar-refractivity contribution in [2.24, 2.45) is 0 Å². The first kappa shape index (κ1) is 13.3. The van der Waals surface area contributed by atoms with E-state index >= 15 is 0 Å². The highest BCUT2D eigenvalue weighted by Gasteiger charge is 2.12. The molecule has 0 atom stereocenters. The number of H-pyrrole nitrogens is 1. The van der Waals surface area contributed by atoms with E-state index in [4.69, 9.17) is 5.73 Å². The fraction of sp³-hybridized carbons (Fsp3) is 0.636. The van der Waals surface area contributed by atoms with Crippen LogP contribution in [0, 0.1) is 0 Å². The Balaban J connectivity index is 3.23. The number of nitrogens with one attached hydrogen (secondary N) is 2. The highest BCUT2D eigenvalue weighted by molar-refractivity contribution is 5.60. The van der Waals surface area contributed by atoms with Crippen LogP contribution in [0.15, 0.2) is 9.59 Å². The van der Waals surface area contributed by atoms with E-state index in [1.807, 2.05) is 20.8 Å². The van der Waals surface area contributed by atoms with E-state index in [9.17, 15) is 9.59 Å². The monoisotopic (exact) mass is 240 g/mol. The van der Waals surface area contributed by atoms with E-state index < -0.39 is 11.2 Å². The second kappa shape index (κ2) is 5.56. The lowest BCUT2D eigenvalue weighted by atomic mass is 10.3. The smallest absolute Gasteiger partial charge is 0.330 e. The second-order valence-electron chi connectivity index (χ2n) is 4.32. The first-order chi connectivity index (χ1) is 7.97. The van der Waals surface area contributed by atoms with Crippen LogP contribution in [0.1, 0.15) is 33.6 Å². The molecule has 0 bridgehead atoms. The van der Waals surface area contributed by atoms with Crippen molar-refractivity contribution in [2.45, 2.75) is 46.2 Å². The molecule has 0 aliphatic heterocycles. The molecule has 0 radical (unpaired) electrons. The number of hydrogen-bond acceptors (Lipinski definition) is 4. The number of aromatic nitrogens is 2. The summed E-state index contributed by atoms with van der Waals surface area (Å²) in [6.45, 7) is 6.35. The minimum atomic E-state index is -0.464. The Labute approximate surface area is 99.8 Å². The second-order valence-corrected chi connectivity index (χ2v) is 4.32. The Morgan fingerprint density at radius 3 is 2.59 bits per heavy atom. The van der Waals surface area contributed by atoms with Gasteiger partial charge < -0.3 is 11.1 Å². The molecule has 0 saturated heterocycles. The Morgan fingerprint density at radius 2 is 2.06 bits per heavy atom. The normalized spacial score (nSPS) is 10.8. The average Bonchev–Trinajstić information content (AvgIpc) is 2.23. The molecule has 0 unspecified atom stereocenters. The number of nitrogens with two attached hydrogens (primary N) is 1. The number of hydrogen-bond donors (Lipinski definition) is 3.